The predicted molar refractivity (Wildman–Crippen MR) is 83.4 cm³/mol. The van der Waals surface area contributed by atoms with Crippen LogP contribution in [0, 0.1) is 0 Å². The summed E-state index contributed by atoms with van der Waals surface area (Å²) in [6, 6.07) is 12.5. The van der Waals surface area contributed by atoms with E-state index in [1.807, 2.05) is 12.1 Å². The molecule has 1 aliphatic rings. The highest BCUT2D eigenvalue weighted by atomic mass is 32.1. The predicted octanol–water partition coefficient (Wildman–Crippen LogP) is 3.50. The van der Waals surface area contributed by atoms with Crippen LogP contribution >= 0.6 is 11.3 Å². The number of rotatable bonds is 5. The molecule has 2 aromatic rings. The molecule has 0 spiro atoms. The molecule has 1 unspecified atom stereocenters. The van der Waals surface area contributed by atoms with Gasteiger partial charge in [0.25, 0.3) is 0 Å². The fourth-order valence-corrected chi connectivity index (χ4v) is 2.79. The van der Waals surface area contributed by atoms with Gasteiger partial charge >= 0.3 is 0 Å². The summed E-state index contributed by atoms with van der Waals surface area (Å²) >= 11 is 1.73. The number of hydrogen-bond donors (Lipinski definition) is 2. The second kappa shape index (κ2) is 5.94. The molecule has 0 fully saturated rings. The van der Waals surface area contributed by atoms with Crippen LogP contribution in [0.15, 0.2) is 60.5 Å². The summed E-state index contributed by atoms with van der Waals surface area (Å²) in [7, 11) is 0. The second-order valence-electron chi connectivity index (χ2n) is 4.47. The lowest BCUT2D eigenvalue weighted by molar-refractivity contribution is 0.363. The molecule has 1 aliphatic heterocycles. The van der Waals surface area contributed by atoms with Gasteiger partial charge in [-0.2, -0.15) is 0 Å². The quantitative estimate of drug-likeness (QED) is 0.824. The number of thiophene rings is 1. The van der Waals surface area contributed by atoms with Crippen LogP contribution in [0.3, 0.4) is 0 Å². The molecule has 2 heterocycles. The molecule has 2 N–H and O–H groups in total. The Hall–Kier alpha value is -2.04. The van der Waals surface area contributed by atoms with Crippen molar-refractivity contribution in [1.82, 2.24) is 10.9 Å². The summed E-state index contributed by atoms with van der Waals surface area (Å²) in [6.45, 7) is 4.17. The van der Waals surface area contributed by atoms with Gasteiger partial charge < -0.3 is 10.2 Å². The maximum absolute atomic E-state index is 5.48. The number of benzene rings is 1. The molecule has 0 saturated heterocycles. The molecule has 0 aliphatic carbocycles. The summed E-state index contributed by atoms with van der Waals surface area (Å²) in [6.07, 6.45) is 3.94. The number of hydrogen-bond acceptors (Lipinski definition) is 4. The summed E-state index contributed by atoms with van der Waals surface area (Å²) < 4.78 is 5.48. The molecule has 1 aromatic heterocycles. The van der Waals surface area contributed by atoms with Crippen LogP contribution in [0.5, 0.6) is 5.75 Å². The smallest absolute Gasteiger partial charge is 0.119 e. The van der Waals surface area contributed by atoms with Gasteiger partial charge in [-0.05, 0) is 35.2 Å². The lowest BCUT2D eigenvalue weighted by atomic mass is 10.1. The molecule has 0 amide bonds. The Morgan fingerprint density at radius 2 is 2.10 bits per heavy atom. The molecule has 0 bridgehead atoms. The summed E-state index contributed by atoms with van der Waals surface area (Å²) in [5, 5.41) is 2.08. The Morgan fingerprint density at radius 1 is 1.25 bits per heavy atom. The van der Waals surface area contributed by atoms with Crippen LogP contribution in [-0.4, -0.2) is 6.61 Å². The summed E-state index contributed by atoms with van der Waals surface area (Å²) in [4.78, 5) is 1.24. The van der Waals surface area contributed by atoms with Gasteiger partial charge in [-0.15, -0.1) is 11.3 Å². The Labute approximate surface area is 122 Å². The first-order chi connectivity index (χ1) is 9.86. The van der Waals surface area contributed by atoms with Gasteiger partial charge in [0, 0.05) is 0 Å². The van der Waals surface area contributed by atoms with Crippen molar-refractivity contribution in [3.05, 3.63) is 70.9 Å². The first-order valence-electron chi connectivity index (χ1n) is 6.48. The molecule has 3 rings (SSSR count). The van der Waals surface area contributed by atoms with Gasteiger partial charge in [0.2, 0.25) is 0 Å². The first-order valence-corrected chi connectivity index (χ1v) is 7.35. The van der Waals surface area contributed by atoms with Crippen LogP contribution in [0.25, 0.3) is 5.70 Å². The molecule has 3 nitrogen and oxygen atoms in total. The summed E-state index contributed by atoms with van der Waals surface area (Å²) in [5.41, 5.74) is 8.85. The van der Waals surface area contributed by atoms with E-state index in [1.54, 1.807) is 17.4 Å². The van der Waals surface area contributed by atoms with Crippen LogP contribution in [0.4, 0.5) is 0 Å². The van der Waals surface area contributed by atoms with Gasteiger partial charge in [-0.3, -0.25) is 0 Å². The average molecular weight is 284 g/mol. The number of ether oxygens (including phenoxy) is 1. The Balaban J connectivity index is 1.72. The van der Waals surface area contributed by atoms with E-state index in [-0.39, 0.29) is 6.04 Å². The zero-order valence-electron chi connectivity index (χ0n) is 11.0. The van der Waals surface area contributed by atoms with Crippen molar-refractivity contribution in [2.45, 2.75) is 6.04 Å². The van der Waals surface area contributed by atoms with Gasteiger partial charge in [-0.25, -0.2) is 5.43 Å². The van der Waals surface area contributed by atoms with E-state index in [0.717, 1.165) is 11.4 Å². The van der Waals surface area contributed by atoms with Gasteiger partial charge in [-0.1, -0.05) is 30.9 Å². The highest BCUT2D eigenvalue weighted by Crippen LogP contribution is 2.27. The molecule has 4 heteroatoms. The normalized spacial score (nSPS) is 17.4. The van der Waals surface area contributed by atoms with Crippen LogP contribution < -0.4 is 15.6 Å². The number of nitrogens with one attached hydrogen (secondary N) is 2. The minimum absolute atomic E-state index is 0.181. The van der Waals surface area contributed by atoms with E-state index in [1.165, 1.54) is 10.4 Å². The molecule has 102 valence electrons. The lowest BCUT2D eigenvalue weighted by Gasteiger charge is -2.10. The molecular formula is C16H16N2OS. The molecule has 0 radical (unpaired) electrons. The van der Waals surface area contributed by atoms with Crippen molar-refractivity contribution in [2.24, 2.45) is 0 Å². The van der Waals surface area contributed by atoms with E-state index < -0.39 is 0 Å². The molecule has 1 atom stereocenters. The Kier molecular flexibility index (Phi) is 3.85. The Bertz CT molecular complexity index is 602. The first kappa shape index (κ1) is 13.0. The van der Waals surface area contributed by atoms with Gasteiger partial charge in [0.1, 0.15) is 12.4 Å². The maximum Gasteiger partial charge on any atom is 0.119 e. The minimum atomic E-state index is 0.181. The largest absolute Gasteiger partial charge is 0.490 e. The van der Waals surface area contributed by atoms with Gasteiger partial charge in [0.15, 0.2) is 0 Å². The molecule has 0 saturated carbocycles. The van der Waals surface area contributed by atoms with E-state index in [0.29, 0.717) is 6.61 Å². The van der Waals surface area contributed by atoms with Crippen molar-refractivity contribution in [2.75, 3.05) is 6.61 Å². The monoisotopic (exact) mass is 284 g/mol. The highest BCUT2D eigenvalue weighted by molar-refractivity contribution is 7.11. The standard InChI is InChI=1S/C16H16N2OS/c1-2-9-19-13-7-5-12(6-8-13)14-11-15(18-17-14)16-4-3-10-20-16/h2-8,10-11,14,17-18H,1,9H2. The molecule has 1 aromatic carbocycles. The zero-order valence-corrected chi connectivity index (χ0v) is 11.8. The third kappa shape index (κ3) is 2.76. The maximum atomic E-state index is 5.48. The fourth-order valence-electron chi connectivity index (χ4n) is 2.09. The SMILES string of the molecule is C=CCOc1ccc(C2C=C(c3cccs3)NN2)cc1. The lowest BCUT2D eigenvalue weighted by Crippen LogP contribution is -2.26. The molecule has 20 heavy (non-hydrogen) atoms. The van der Waals surface area contributed by atoms with Crippen molar-refractivity contribution >= 4 is 17.0 Å². The highest BCUT2D eigenvalue weighted by Gasteiger charge is 2.17. The third-order valence-corrected chi connectivity index (χ3v) is 3.99. The van der Waals surface area contributed by atoms with Crippen LogP contribution in [0.2, 0.25) is 0 Å². The Morgan fingerprint density at radius 3 is 2.80 bits per heavy atom. The summed E-state index contributed by atoms with van der Waals surface area (Å²) in [5.74, 6) is 0.863. The van der Waals surface area contributed by atoms with Gasteiger partial charge in [0.05, 0.1) is 16.6 Å². The topological polar surface area (TPSA) is 33.3 Å². The zero-order chi connectivity index (χ0) is 13.8. The van der Waals surface area contributed by atoms with E-state index >= 15 is 0 Å². The van der Waals surface area contributed by atoms with E-state index in [9.17, 15) is 0 Å². The second-order valence-corrected chi connectivity index (χ2v) is 5.42. The fraction of sp³-hybridized carbons (Fsp3) is 0.125. The minimum Gasteiger partial charge on any atom is -0.490 e. The van der Waals surface area contributed by atoms with Crippen LogP contribution in [-0.2, 0) is 0 Å². The van der Waals surface area contributed by atoms with E-state index in [2.05, 4.69) is 53.2 Å². The number of hydrazine groups is 1. The van der Waals surface area contributed by atoms with Crippen molar-refractivity contribution in [1.29, 1.82) is 0 Å². The van der Waals surface area contributed by atoms with Crippen molar-refractivity contribution in [3.8, 4) is 5.75 Å². The van der Waals surface area contributed by atoms with Crippen molar-refractivity contribution in [3.63, 3.8) is 0 Å². The van der Waals surface area contributed by atoms with E-state index in [4.69, 9.17) is 4.74 Å². The van der Waals surface area contributed by atoms with Crippen molar-refractivity contribution < 1.29 is 4.74 Å². The third-order valence-electron chi connectivity index (χ3n) is 3.09. The van der Waals surface area contributed by atoms with Crippen LogP contribution in [0.1, 0.15) is 16.5 Å². The average Bonchev–Trinajstić information content (AvgIpc) is 3.16. The molecular weight excluding hydrogens is 268 g/mol.